The van der Waals surface area contributed by atoms with Crippen molar-refractivity contribution in [3.63, 3.8) is 0 Å². The third-order valence-corrected chi connectivity index (χ3v) is 4.86. The minimum atomic E-state index is -0.110. The summed E-state index contributed by atoms with van der Waals surface area (Å²) in [6, 6.07) is 16.0. The first-order valence-corrected chi connectivity index (χ1v) is 8.74. The fraction of sp³-hybridized carbons (Fsp3) is 0.0556. The molecular formula is C18H15NOS2. The van der Waals surface area contributed by atoms with Gasteiger partial charge >= 0.3 is 0 Å². The Bertz CT molecular complexity index is 731. The van der Waals surface area contributed by atoms with Gasteiger partial charge in [-0.15, -0.1) is 11.3 Å². The summed E-state index contributed by atoms with van der Waals surface area (Å²) in [5, 5.41) is 9.12. The molecule has 0 radical (unpaired) electrons. The van der Waals surface area contributed by atoms with Crippen molar-refractivity contribution in [2.75, 3.05) is 0 Å². The summed E-state index contributed by atoms with van der Waals surface area (Å²) in [6.07, 6.45) is 3.42. The molecule has 0 saturated carbocycles. The third-order valence-electron chi connectivity index (χ3n) is 3.22. The summed E-state index contributed by atoms with van der Waals surface area (Å²) in [4.78, 5) is 13.4. The second kappa shape index (κ2) is 7.20. The molecule has 22 heavy (non-hydrogen) atoms. The summed E-state index contributed by atoms with van der Waals surface area (Å²) in [7, 11) is 0. The summed E-state index contributed by atoms with van der Waals surface area (Å²) in [6.45, 7) is 0. The minimum Gasteiger partial charge on any atom is -0.341 e. The monoisotopic (exact) mass is 325 g/mol. The van der Waals surface area contributed by atoms with Crippen LogP contribution in [0.5, 0.6) is 0 Å². The van der Waals surface area contributed by atoms with Gasteiger partial charge in [-0.25, -0.2) is 0 Å². The maximum atomic E-state index is 12.2. The first kappa shape index (κ1) is 14.8. The molecule has 1 N–H and O–H groups in total. The van der Waals surface area contributed by atoms with Crippen LogP contribution in [0.4, 0.5) is 0 Å². The molecule has 0 saturated heterocycles. The van der Waals surface area contributed by atoms with Gasteiger partial charge in [0.1, 0.15) is 0 Å². The second-order valence-electron chi connectivity index (χ2n) is 4.76. The third kappa shape index (κ3) is 3.72. The van der Waals surface area contributed by atoms with E-state index in [0.717, 1.165) is 16.0 Å². The van der Waals surface area contributed by atoms with Crippen LogP contribution in [0.25, 0.3) is 6.08 Å². The van der Waals surface area contributed by atoms with Gasteiger partial charge in [0.15, 0.2) is 0 Å². The Morgan fingerprint density at radius 3 is 2.59 bits per heavy atom. The standard InChI is InChI=1S/C18H15NOS2/c20-17(9-8-14-10-12-21-13-14)19-18(16-7-4-11-22-16)15-5-2-1-3-6-15/h1-13,18H,(H,19,20)/b9-8+. The molecule has 3 aromatic rings. The Morgan fingerprint density at radius 2 is 1.91 bits per heavy atom. The highest BCUT2D eigenvalue weighted by atomic mass is 32.1. The van der Waals surface area contributed by atoms with Gasteiger partial charge in [0, 0.05) is 11.0 Å². The van der Waals surface area contributed by atoms with Crippen LogP contribution in [0.3, 0.4) is 0 Å². The molecule has 0 fully saturated rings. The molecule has 0 aliphatic carbocycles. The average Bonchev–Trinajstić information content (AvgIpc) is 3.25. The lowest BCUT2D eigenvalue weighted by Gasteiger charge is -2.17. The van der Waals surface area contributed by atoms with Gasteiger partial charge in [0.2, 0.25) is 5.91 Å². The van der Waals surface area contributed by atoms with Crippen molar-refractivity contribution in [3.05, 3.63) is 86.8 Å². The van der Waals surface area contributed by atoms with Crippen molar-refractivity contribution < 1.29 is 4.79 Å². The van der Waals surface area contributed by atoms with Crippen molar-refractivity contribution >= 4 is 34.7 Å². The van der Waals surface area contributed by atoms with Crippen LogP contribution in [-0.4, -0.2) is 5.91 Å². The van der Waals surface area contributed by atoms with E-state index in [1.807, 2.05) is 70.7 Å². The SMILES string of the molecule is O=C(/C=C/c1ccsc1)NC(c1ccccc1)c1cccs1. The Kier molecular flexibility index (Phi) is 4.83. The molecule has 4 heteroatoms. The molecule has 0 aliphatic heterocycles. The zero-order chi connectivity index (χ0) is 15.2. The first-order chi connectivity index (χ1) is 10.8. The van der Waals surface area contributed by atoms with E-state index >= 15 is 0 Å². The van der Waals surface area contributed by atoms with Crippen molar-refractivity contribution in [2.24, 2.45) is 0 Å². The Morgan fingerprint density at radius 1 is 1.05 bits per heavy atom. The van der Waals surface area contributed by atoms with E-state index in [1.54, 1.807) is 28.7 Å². The zero-order valence-corrected chi connectivity index (χ0v) is 13.4. The van der Waals surface area contributed by atoms with E-state index in [4.69, 9.17) is 0 Å². The van der Waals surface area contributed by atoms with Gasteiger partial charge in [-0.05, 0) is 45.5 Å². The normalized spacial score (nSPS) is 12.4. The number of amides is 1. The van der Waals surface area contributed by atoms with Crippen LogP contribution >= 0.6 is 22.7 Å². The lowest BCUT2D eigenvalue weighted by atomic mass is 10.1. The fourth-order valence-corrected chi connectivity index (χ4v) is 3.58. The summed E-state index contributed by atoms with van der Waals surface area (Å²) in [5.74, 6) is -0.0894. The summed E-state index contributed by atoms with van der Waals surface area (Å²) in [5.41, 5.74) is 2.13. The van der Waals surface area contributed by atoms with Crippen LogP contribution in [0.2, 0.25) is 0 Å². The quantitative estimate of drug-likeness (QED) is 0.675. The highest BCUT2D eigenvalue weighted by Crippen LogP contribution is 2.25. The molecule has 1 amide bonds. The van der Waals surface area contributed by atoms with Crippen molar-refractivity contribution in [3.8, 4) is 0 Å². The molecular weight excluding hydrogens is 310 g/mol. The molecule has 0 aliphatic rings. The predicted octanol–water partition coefficient (Wildman–Crippen LogP) is 4.73. The van der Waals surface area contributed by atoms with E-state index in [-0.39, 0.29) is 11.9 Å². The van der Waals surface area contributed by atoms with E-state index < -0.39 is 0 Å². The molecule has 2 heterocycles. The van der Waals surface area contributed by atoms with Gasteiger partial charge < -0.3 is 5.32 Å². The number of hydrogen-bond donors (Lipinski definition) is 1. The lowest BCUT2D eigenvalue weighted by Crippen LogP contribution is -2.27. The summed E-state index contributed by atoms with van der Waals surface area (Å²) < 4.78 is 0. The number of thiophene rings is 2. The van der Waals surface area contributed by atoms with E-state index in [9.17, 15) is 4.79 Å². The maximum absolute atomic E-state index is 12.2. The molecule has 0 spiro atoms. The highest BCUT2D eigenvalue weighted by Gasteiger charge is 2.16. The van der Waals surface area contributed by atoms with Crippen LogP contribution in [0, 0.1) is 0 Å². The van der Waals surface area contributed by atoms with Crippen molar-refractivity contribution in [2.45, 2.75) is 6.04 Å². The molecule has 1 aromatic carbocycles. The lowest BCUT2D eigenvalue weighted by molar-refractivity contribution is -0.116. The number of nitrogens with one attached hydrogen (secondary N) is 1. The minimum absolute atomic E-state index is 0.0894. The van der Waals surface area contributed by atoms with E-state index in [1.165, 1.54) is 0 Å². The number of carbonyl (C=O) groups is 1. The van der Waals surface area contributed by atoms with Crippen molar-refractivity contribution in [1.82, 2.24) is 5.32 Å². The Hall–Kier alpha value is -2.17. The van der Waals surface area contributed by atoms with Gasteiger partial charge in [-0.3, -0.25) is 4.79 Å². The predicted molar refractivity (Wildman–Crippen MR) is 94.1 cm³/mol. The van der Waals surface area contributed by atoms with E-state index in [0.29, 0.717) is 0 Å². The number of carbonyl (C=O) groups excluding carboxylic acids is 1. The van der Waals surface area contributed by atoms with Crippen molar-refractivity contribution in [1.29, 1.82) is 0 Å². The number of benzene rings is 1. The maximum Gasteiger partial charge on any atom is 0.244 e. The Labute approximate surface area is 137 Å². The van der Waals surface area contributed by atoms with Gasteiger partial charge in [-0.2, -0.15) is 11.3 Å². The molecule has 1 unspecified atom stereocenters. The average molecular weight is 325 g/mol. The zero-order valence-electron chi connectivity index (χ0n) is 11.8. The molecule has 2 aromatic heterocycles. The molecule has 3 rings (SSSR count). The van der Waals surface area contributed by atoms with Gasteiger partial charge in [0.25, 0.3) is 0 Å². The van der Waals surface area contributed by atoms with Crippen LogP contribution in [0.15, 0.2) is 70.7 Å². The number of hydrogen-bond acceptors (Lipinski definition) is 3. The van der Waals surface area contributed by atoms with Crippen LogP contribution in [-0.2, 0) is 4.79 Å². The van der Waals surface area contributed by atoms with E-state index in [2.05, 4.69) is 5.32 Å². The smallest absolute Gasteiger partial charge is 0.244 e. The molecule has 2 nitrogen and oxygen atoms in total. The largest absolute Gasteiger partial charge is 0.341 e. The van der Waals surface area contributed by atoms with Crippen LogP contribution in [0.1, 0.15) is 22.0 Å². The van der Waals surface area contributed by atoms with Gasteiger partial charge in [-0.1, -0.05) is 36.4 Å². The highest BCUT2D eigenvalue weighted by molar-refractivity contribution is 7.10. The molecule has 0 bridgehead atoms. The molecule has 1 atom stereocenters. The van der Waals surface area contributed by atoms with Crippen LogP contribution < -0.4 is 5.32 Å². The number of rotatable bonds is 5. The second-order valence-corrected chi connectivity index (χ2v) is 6.52. The fourth-order valence-electron chi connectivity index (χ4n) is 2.15. The topological polar surface area (TPSA) is 29.1 Å². The van der Waals surface area contributed by atoms with Gasteiger partial charge in [0.05, 0.1) is 6.04 Å². The Balaban J connectivity index is 1.77. The molecule has 110 valence electrons. The first-order valence-electron chi connectivity index (χ1n) is 6.92. The summed E-state index contributed by atoms with van der Waals surface area (Å²) >= 11 is 3.27.